The molecule has 0 aromatic heterocycles. The molecule has 6 N–H and O–H groups in total. The lowest BCUT2D eigenvalue weighted by Crippen LogP contribution is -2.42. The Labute approximate surface area is 107 Å². The summed E-state index contributed by atoms with van der Waals surface area (Å²) in [5.74, 6) is -5.02. The number of aliphatic hydroxyl groups is 2. The Hall–Kier alpha value is -2.20. The molecule has 0 aromatic carbocycles. The van der Waals surface area contributed by atoms with Crippen molar-refractivity contribution < 1.29 is 49.8 Å². The number of hydrogen-bond acceptors (Lipinski definition) is 6. The fraction of sp³-hybridized carbons (Fsp3) is 0.556. The Kier molecular flexibility index (Phi) is 14.2. The Morgan fingerprint density at radius 1 is 1.05 bits per heavy atom. The lowest BCUT2D eigenvalue weighted by molar-refractivity contribution is -0.170. The van der Waals surface area contributed by atoms with Crippen molar-refractivity contribution in [1.29, 1.82) is 0 Å². The van der Waals surface area contributed by atoms with Gasteiger partial charge in [-0.15, -0.1) is 0 Å². The normalized spacial score (nSPS) is 9.00. The van der Waals surface area contributed by atoms with Gasteiger partial charge in [0.05, 0.1) is 12.8 Å². The monoisotopic (exact) mass is 284 g/mol. The zero-order chi connectivity index (χ0) is 16.1. The zero-order valence-electron chi connectivity index (χ0n) is 10.0. The van der Waals surface area contributed by atoms with E-state index in [1.807, 2.05) is 0 Å². The van der Waals surface area contributed by atoms with Gasteiger partial charge in [0.1, 0.15) is 0 Å². The number of hydrogen-bond donors (Lipinski definition) is 6. The third-order valence-electron chi connectivity index (χ3n) is 1.29. The molecule has 0 atom stereocenters. The molecule has 0 saturated carbocycles. The molecule has 112 valence electrons. The molecule has 10 heteroatoms. The average molecular weight is 284 g/mol. The average Bonchev–Trinajstić information content (AvgIpc) is 2.16. The van der Waals surface area contributed by atoms with Gasteiger partial charge in [-0.05, 0) is 6.92 Å². The predicted octanol–water partition coefficient (Wildman–Crippen LogP) is -1.55. The van der Waals surface area contributed by atoms with E-state index in [0.717, 1.165) is 0 Å². The minimum Gasteiger partial charge on any atom is -0.483 e. The van der Waals surface area contributed by atoms with Crippen LogP contribution in [0, 0.1) is 0 Å². The maximum absolute atomic E-state index is 10.3. The van der Waals surface area contributed by atoms with E-state index in [2.05, 4.69) is 0 Å². The van der Waals surface area contributed by atoms with Gasteiger partial charge in [-0.1, -0.05) is 0 Å². The van der Waals surface area contributed by atoms with Crippen LogP contribution in [0.1, 0.15) is 19.8 Å². The van der Waals surface area contributed by atoms with Crippen LogP contribution in [0.5, 0.6) is 0 Å². The molecule has 0 aliphatic heterocycles. The summed E-state index contributed by atoms with van der Waals surface area (Å²) in [7, 11) is 0. The molecule has 0 aromatic rings. The third kappa shape index (κ3) is 15.8. The highest BCUT2D eigenvalue weighted by molar-refractivity contribution is 5.88. The van der Waals surface area contributed by atoms with E-state index in [0.29, 0.717) is 0 Å². The van der Waals surface area contributed by atoms with Gasteiger partial charge in [0.25, 0.3) is 6.47 Å². The van der Waals surface area contributed by atoms with Crippen LogP contribution in [-0.4, -0.2) is 67.2 Å². The van der Waals surface area contributed by atoms with Crippen molar-refractivity contribution >= 4 is 24.4 Å². The van der Waals surface area contributed by atoms with Crippen molar-refractivity contribution in [2.45, 2.75) is 25.4 Å². The summed E-state index contributed by atoms with van der Waals surface area (Å²) in [5, 5.41) is 48.3. The first-order valence-electron chi connectivity index (χ1n) is 4.69. The van der Waals surface area contributed by atoms with Crippen LogP contribution in [-0.2, 0) is 19.2 Å². The van der Waals surface area contributed by atoms with E-state index in [1.165, 1.54) is 0 Å². The highest BCUT2D eigenvalue weighted by atomic mass is 16.4. The summed E-state index contributed by atoms with van der Waals surface area (Å²) < 4.78 is 0. The van der Waals surface area contributed by atoms with E-state index in [9.17, 15) is 14.4 Å². The first-order chi connectivity index (χ1) is 8.60. The van der Waals surface area contributed by atoms with Crippen molar-refractivity contribution in [2.75, 3.05) is 6.61 Å². The number of aliphatic hydroxyl groups excluding tert-OH is 1. The number of aliphatic carboxylic acids is 3. The summed E-state index contributed by atoms with van der Waals surface area (Å²) >= 11 is 0. The van der Waals surface area contributed by atoms with Gasteiger partial charge >= 0.3 is 17.9 Å². The van der Waals surface area contributed by atoms with Crippen molar-refractivity contribution in [2.24, 2.45) is 0 Å². The lowest BCUT2D eigenvalue weighted by Gasteiger charge is -2.18. The Bertz CT molecular complexity index is 281. The molecule has 0 unspecified atom stereocenters. The SMILES string of the molecule is CCO.O=C(O)CC(O)(CC(=O)O)C(=O)O.O=CO. The molecule has 0 amide bonds. The van der Waals surface area contributed by atoms with Gasteiger partial charge in [-0.2, -0.15) is 0 Å². The first kappa shape index (κ1) is 22.0. The molecular weight excluding hydrogens is 268 g/mol. The van der Waals surface area contributed by atoms with Crippen molar-refractivity contribution in [1.82, 2.24) is 0 Å². The molecule has 0 rings (SSSR count). The lowest BCUT2D eigenvalue weighted by atomic mass is 9.96. The molecule has 10 nitrogen and oxygen atoms in total. The Morgan fingerprint density at radius 2 is 1.26 bits per heavy atom. The van der Waals surface area contributed by atoms with Crippen molar-refractivity contribution in [3.8, 4) is 0 Å². The van der Waals surface area contributed by atoms with Crippen molar-refractivity contribution in [3.63, 3.8) is 0 Å². The van der Waals surface area contributed by atoms with E-state index < -0.39 is 36.4 Å². The number of rotatable bonds is 5. The van der Waals surface area contributed by atoms with Gasteiger partial charge in [0, 0.05) is 6.61 Å². The van der Waals surface area contributed by atoms with Crippen LogP contribution in [0.4, 0.5) is 0 Å². The minimum absolute atomic E-state index is 0.250. The molecule has 0 heterocycles. The second kappa shape index (κ2) is 12.3. The zero-order valence-corrected chi connectivity index (χ0v) is 10.0. The van der Waals surface area contributed by atoms with E-state index >= 15 is 0 Å². The third-order valence-corrected chi connectivity index (χ3v) is 1.29. The van der Waals surface area contributed by atoms with Crippen LogP contribution in [0.25, 0.3) is 0 Å². The van der Waals surface area contributed by atoms with Crippen LogP contribution < -0.4 is 0 Å². The van der Waals surface area contributed by atoms with E-state index in [1.54, 1.807) is 6.92 Å². The fourth-order valence-corrected chi connectivity index (χ4v) is 0.714. The summed E-state index contributed by atoms with van der Waals surface area (Å²) in [6, 6.07) is 0. The molecule has 0 aliphatic carbocycles. The predicted molar refractivity (Wildman–Crippen MR) is 58.5 cm³/mol. The van der Waals surface area contributed by atoms with Crippen LogP contribution in [0.2, 0.25) is 0 Å². The summed E-state index contributed by atoms with van der Waals surface area (Å²) in [4.78, 5) is 38.8. The first-order valence-corrected chi connectivity index (χ1v) is 4.69. The van der Waals surface area contributed by atoms with Crippen LogP contribution in [0.3, 0.4) is 0 Å². The second-order valence-electron chi connectivity index (χ2n) is 2.90. The van der Waals surface area contributed by atoms with Crippen LogP contribution >= 0.6 is 0 Å². The molecule has 0 saturated heterocycles. The quantitative estimate of drug-likeness (QED) is 0.322. The molecule has 0 radical (unpaired) electrons. The van der Waals surface area contributed by atoms with Gasteiger partial charge in [0.15, 0.2) is 5.60 Å². The maximum Gasteiger partial charge on any atom is 0.336 e. The molecule has 0 spiro atoms. The summed E-state index contributed by atoms with van der Waals surface area (Å²) in [5.41, 5.74) is -2.74. The number of carboxylic acids is 3. The van der Waals surface area contributed by atoms with E-state index in [4.69, 9.17) is 35.4 Å². The van der Waals surface area contributed by atoms with Gasteiger partial charge in [-0.25, -0.2) is 4.79 Å². The smallest absolute Gasteiger partial charge is 0.336 e. The molecular formula is C9H16O10. The largest absolute Gasteiger partial charge is 0.483 e. The maximum atomic E-state index is 10.3. The van der Waals surface area contributed by atoms with Gasteiger partial charge < -0.3 is 30.6 Å². The molecule has 0 aliphatic rings. The highest BCUT2D eigenvalue weighted by Gasteiger charge is 2.40. The topological polar surface area (TPSA) is 190 Å². The summed E-state index contributed by atoms with van der Waals surface area (Å²) in [6.45, 7) is 1.68. The number of carbonyl (C=O) groups is 4. The number of carboxylic acid groups (broad SMARTS) is 4. The highest BCUT2D eigenvalue weighted by Crippen LogP contribution is 2.15. The fourth-order valence-electron chi connectivity index (χ4n) is 0.714. The molecule has 19 heavy (non-hydrogen) atoms. The molecule has 0 bridgehead atoms. The van der Waals surface area contributed by atoms with E-state index in [-0.39, 0.29) is 13.1 Å². The standard InChI is InChI=1S/C6H8O7.C2H6O.CH2O2/c7-3(8)1-6(13,5(11)12)2-4(9)10;1-2-3;2-1-3/h13H,1-2H2,(H,7,8)(H,9,10)(H,11,12);3H,2H2,1H3;1H,(H,2,3). The van der Waals surface area contributed by atoms with Crippen molar-refractivity contribution in [3.05, 3.63) is 0 Å². The summed E-state index contributed by atoms with van der Waals surface area (Å²) in [6.07, 6.45) is -2.29. The van der Waals surface area contributed by atoms with Crippen LogP contribution in [0.15, 0.2) is 0 Å². The Balaban J connectivity index is -0.000000360. The minimum atomic E-state index is -2.74. The van der Waals surface area contributed by atoms with Gasteiger partial charge in [0.2, 0.25) is 0 Å². The Morgan fingerprint density at radius 3 is 1.37 bits per heavy atom. The van der Waals surface area contributed by atoms with Gasteiger partial charge in [-0.3, -0.25) is 14.4 Å². The molecule has 0 fully saturated rings. The second-order valence-corrected chi connectivity index (χ2v) is 2.90.